The van der Waals surface area contributed by atoms with Gasteiger partial charge in [-0.25, -0.2) is 0 Å². The molecule has 3 nitrogen and oxygen atoms in total. The summed E-state index contributed by atoms with van der Waals surface area (Å²) in [6.45, 7) is 1.97. The Bertz CT molecular complexity index is 741. The Hall–Kier alpha value is -1.98. The van der Waals surface area contributed by atoms with Crippen LogP contribution in [0.2, 0.25) is 0 Å². The summed E-state index contributed by atoms with van der Waals surface area (Å²) >= 11 is 6.69. The number of anilines is 1. The molecule has 1 aliphatic rings. The standard InChI is InChI=1S/C16H12N2OS2/c1-11-5-2-3-7-13(11)18-15(19)14(21-16(18)20)9-12-6-4-8-17-10-12/h2-10H,1H3/b14-9+. The molecule has 3 rings (SSSR count). The van der Waals surface area contributed by atoms with Gasteiger partial charge >= 0.3 is 0 Å². The molecule has 0 aliphatic carbocycles. The smallest absolute Gasteiger partial charge is 0.268 e. The van der Waals surface area contributed by atoms with Crippen molar-refractivity contribution in [3.05, 3.63) is 64.8 Å². The van der Waals surface area contributed by atoms with Crippen LogP contribution in [-0.2, 0) is 4.79 Å². The van der Waals surface area contributed by atoms with Crippen molar-refractivity contribution >= 4 is 46.0 Å². The van der Waals surface area contributed by atoms with E-state index in [9.17, 15) is 4.79 Å². The van der Waals surface area contributed by atoms with Crippen LogP contribution >= 0.6 is 24.0 Å². The van der Waals surface area contributed by atoms with E-state index in [1.807, 2.05) is 49.4 Å². The molecule has 104 valence electrons. The number of hydrogen-bond donors (Lipinski definition) is 0. The molecule has 5 heteroatoms. The zero-order chi connectivity index (χ0) is 14.8. The van der Waals surface area contributed by atoms with Gasteiger partial charge in [-0.05, 0) is 36.3 Å². The third kappa shape index (κ3) is 2.75. The number of benzene rings is 1. The van der Waals surface area contributed by atoms with Crippen LogP contribution in [0, 0.1) is 6.92 Å². The summed E-state index contributed by atoms with van der Waals surface area (Å²) in [4.78, 5) is 18.9. The van der Waals surface area contributed by atoms with Crippen LogP contribution in [0.4, 0.5) is 5.69 Å². The van der Waals surface area contributed by atoms with Gasteiger partial charge in [-0.3, -0.25) is 14.7 Å². The molecule has 1 aliphatic heterocycles. The van der Waals surface area contributed by atoms with E-state index in [1.165, 1.54) is 11.8 Å². The first-order valence-corrected chi connectivity index (χ1v) is 7.63. The highest BCUT2D eigenvalue weighted by molar-refractivity contribution is 8.27. The average Bonchev–Trinajstić information content (AvgIpc) is 2.76. The van der Waals surface area contributed by atoms with Crippen LogP contribution in [0.3, 0.4) is 0 Å². The number of thiocarbonyl (C=S) groups is 1. The fourth-order valence-corrected chi connectivity index (χ4v) is 3.39. The Morgan fingerprint density at radius 1 is 1.24 bits per heavy atom. The zero-order valence-corrected chi connectivity index (χ0v) is 12.9. The molecule has 0 saturated carbocycles. The maximum absolute atomic E-state index is 12.6. The average molecular weight is 312 g/mol. The number of carbonyl (C=O) groups excluding carboxylic acids is 1. The third-order valence-electron chi connectivity index (χ3n) is 3.13. The lowest BCUT2D eigenvalue weighted by Gasteiger charge is -2.16. The minimum atomic E-state index is -0.0804. The number of carbonyl (C=O) groups is 1. The molecule has 0 bridgehead atoms. The van der Waals surface area contributed by atoms with E-state index < -0.39 is 0 Å². The predicted octanol–water partition coefficient (Wildman–Crippen LogP) is 3.80. The Kier molecular flexibility index (Phi) is 3.86. The Morgan fingerprint density at radius 3 is 2.76 bits per heavy atom. The second-order valence-corrected chi connectivity index (χ2v) is 6.27. The molecule has 2 heterocycles. The number of hydrogen-bond acceptors (Lipinski definition) is 4. The van der Waals surface area contributed by atoms with E-state index in [0.717, 1.165) is 16.8 Å². The molecule has 1 aromatic carbocycles. The molecule has 0 atom stereocenters. The molecule has 1 aromatic heterocycles. The van der Waals surface area contributed by atoms with Crippen LogP contribution < -0.4 is 4.90 Å². The lowest BCUT2D eigenvalue weighted by atomic mass is 10.2. The largest absolute Gasteiger partial charge is 0.270 e. The van der Waals surface area contributed by atoms with Gasteiger partial charge in [0.05, 0.1) is 10.6 Å². The lowest BCUT2D eigenvalue weighted by molar-refractivity contribution is -0.113. The van der Waals surface area contributed by atoms with Gasteiger partial charge in [-0.2, -0.15) is 0 Å². The van der Waals surface area contributed by atoms with Crippen LogP contribution in [0.5, 0.6) is 0 Å². The number of para-hydroxylation sites is 1. The van der Waals surface area contributed by atoms with Gasteiger partial charge in [0.15, 0.2) is 4.32 Å². The normalized spacial score (nSPS) is 16.8. The molecule has 0 spiro atoms. The van der Waals surface area contributed by atoms with Gasteiger partial charge in [0, 0.05) is 12.4 Å². The number of thioether (sulfide) groups is 1. The first-order chi connectivity index (χ1) is 10.2. The van der Waals surface area contributed by atoms with Crippen molar-refractivity contribution in [3.63, 3.8) is 0 Å². The highest BCUT2D eigenvalue weighted by Gasteiger charge is 2.33. The number of pyridine rings is 1. The number of nitrogens with zero attached hydrogens (tertiary/aromatic N) is 2. The van der Waals surface area contributed by atoms with Crippen molar-refractivity contribution in [2.24, 2.45) is 0 Å². The van der Waals surface area contributed by atoms with Gasteiger partial charge in [0.2, 0.25) is 0 Å². The summed E-state index contributed by atoms with van der Waals surface area (Å²) < 4.78 is 0.560. The van der Waals surface area contributed by atoms with E-state index in [0.29, 0.717) is 9.23 Å². The van der Waals surface area contributed by atoms with Crippen molar-refractivity contribution in [1.82, 2.24) is 4.98 Å². The predicted molar refractivity (Wildman–Crippen MR) is 91.1 cm³/mol. The number of rotatable bonds is 2. The third-order valence-corrected chi connectivity index (χ3v) is 4.43. The molecular weight excluding hydrogens is 300 g/mol. The van der Waals surface area contributed by atoms with Crippen LogP contribution in [-0.4, -0.2) is 15.2 Å². The lowest BCUT2D eigenvalue weighted by Crippen LogP contribution is -2.28. The molecule has 2 aromatic rings. The van der Waals surface area contributed by atoms with Crippen molar-refractivity contribution in [2.75, 3.05) is 4.90 Å². The zero-order valence-electron chi connectivity index (χ0n) is 11.3. The van der Waals surface area contributed by atoms with E-state index >= 15 is 0 Å². The topological polar surface area (TPSA) is 33.2 Å². The van der Waals surface area contributed by atoms with Gasteiger partial charge in [0.1, 0.15) is 0 Å². The summed E-state index contributed by atoms with van der Waals surface area (Å²) in [6.07, 6.45) is 5.25. The van der Waals surface area contributed by atoms with Gasteiger partial charge in [-0.1, -0.05) is 48.2 Å². The van der Waals surface area contributed by atoms with Gasteiger partial charge < -0.3 is 0 Å². The number of amides is 1. The van der Waals surface area contributed by atoms with Crippen molar-refractivity contribution in [3.8, 4) is 0 Å². The van der Waals surface area contributed by atoms with E-state index in [4.69, 9.17) is 12.2 Å². The molecule has 1 saturated heterocycles. The number of aromatic nitrogens is 1. The molecular formula is C16H12N2OS2. The Balaban J connectivity index is 1.97. The monoisotopic (exact) mass is 312 g/mol. The summed E-state index contributed by atoms with van der Waals surface area (Å²) in [7, 11) is 0. The number of aryl methyl sites for hydroxylation is 1. The van der Waals surface area contributed by atoms with Crippen molar-refractivity contribution in [2.45, 2.75) is 6.92 Å². The summed E-state index contributed by atoms with van der Waals surface area (Å²) in [5.41, 5.74) is 2.76. The fraction of sp³-hybridized carbons (Fsp3) is 0.0625. The summed E-state index contributed by atoms with van der Waals surface area (Å²) in [5, 5.41) is 0. The Labute approximate surface area is 132 Å². The molecule has 1 amide bonds. The van der Waals surface area contributed by atoms with Crippen molar-refractivity contribution in [1.29, 1.82) is 0 Å². The first kappa shape index (κ1) is 14.0. The SMILES string of the molecule is Cc1ccccc1N1C(=O)/C(=C\c2cccnc2)SC1=S. The van der Waals surface area contributed by atoms with Gasteiger partial charge in [-0.15, -0.1) is 0 Å². The first-order valence-electron chi connectivity index (χ1n) is 6.40. The molecule has 0 N–H and O–H groups in total. The molecule has 0 radical (unpaired) electrons. The summed E-state index contributed by atoms with van der Waals surface area (Å²) in [6, 6.07) is 11.5. The van der Waals surface area contributed by atoms with E-state index in [2.05, 4.69) is 4.98 Å². The van der Waals surface area contributed by atoms with Crippen LogP contribution in [0.25, 0.3) is 6.08 Å². The summed E-state index contributed by atoms with van der Waals surface area (Å²) in [5.74, 6) is -0.0804. The quantitative estimate of drug-likeness (QED) is 0.624. The molecule has 1 fully saturated rings. The second kappa shape index (κ2) is 5.79. The minimum absolute atomic E-state index is 0.0804. The minimum Gasteiger partial charge on any atom is -0.268 e. The van der Waals surface area contributed by atoms with E-state index in [-0.39, 0.29) is 5.91 Å². The van der Waals surface area contributed by atoms with E-state index in [1.54, 1.807) is 17.3 Å². The molecule has 0 unspecified atom stereocenters. The van der Waals surface area contributed by atoms with Crippen LogP contribution in [0.15, 0.2) is 53.7 Å². The highest BCUT2D eigenvalue weighted by Crippen LogP contribution is 2.36. The molecule has 21 heavy (non-hydrogen) atoms. The van der Waals surface area contributed by atoms with Crippen molar-refractivity contribution < 1.29 is 4.79 Å². The van der Waals surface area contributed by atoms with Gasteiger partial charge in [0.25, 0.3) is 5.91 Å². The Morgan fingerprint density at radius 2 is 2.05 bits per heavy atom. The maximum atomic E-state index is 12.6. The fourth-order valence-electron chi connectivity index (χ4n) is 2.10. The second-order valence-electron chi connectivity index (χ2n) is 4.59. The maximum Gasteiger partial charge on any atom is 0.270 e. The van der Waals surface area contributed by atoms with Crippen LogP contribution in [0.1, 0.15) is 11.1 Å². The highest BCUT2D eigenvalue weighted by atomic mass is 32.2.